The van der Waals surface area contributed by atoms with E-state index in [1.54, 1.807) is 11.3 Å². The van der Waals surface area contributed by atoms with Crippen molar-refractivity contribution in [2.75, 3.05) is 13.2 Å². The summed E-state index contributed by atoms with van der Waals surface area (Å²) in [4.78, 5) is 1.36. The summed E-state index contributed by atoms with van der Waals surface area (Å²) in [5.74, 6) is 0.954. The summed E-state index contributed by atoms with van der Waals surface area (Å²) in [6, 6.07) is 12.6. The van der Waals surface area contributed by atoms with Gasteiger partial charge in [-0.3, -0.25) is 0 Å². The molecule has 0 aliphatic carbocycles. The molecule has 0 aliphatic heterocycles. The minimum absolute atomic E-state index is 0.163. The Morgan fingerprint density at radius 1 is 1.15 bits per heavy atom. The Morgan fingerprint density at radius 3 is 2.70 bits per heavy atom. The van der Waals surface area contributed by atoms with Crippen molar-refractivity contribution >= 4 is 11.3 Å². The van der Waals surface area contributed by atoms with E-state index in [-0.39, 0.29) is 5.41 Å². The fourth-order valence-corrected chi connectivity index (χ4v) is 2.59. The second-order valence-corrected chi connectivity index (χ2v) is 6.91. The average Bonchev–Trinajstić information content (AvgIpc) is 2.91. The highest BCUT2D eigenvalue weighted by Gasteiger charge is 2.13. The number of nitrogens with one attached hydrogen (secondary N) is 1. The summed E-state index contributed by atoms with van der Waals surface area (Å²) >= 11 is 1.78. The van der Waals surface area contributed by atoms with E-state index >= 15 is 0 Å². The molecule has 0 radical (unpaired) electrons. The molecule has 1 heterocycles. The zero-order valence-corrected chi connectivity index (χ0v) is 13.3. The Kier molecular flexibility index (Phi) is 5.21. The van der Waals surface area contributed by atoms with Gasteiger partial charge in [-0.2, -0.15) is 0 Å². The van der Waals surface area contributed by atoms with Gasteiger partial charge in [0.1, 0.15) is 12.4 Å². The van der Waals surface area contributed by atoms with Crippen LogP contribution in [0.25, 0.3) is 0 Å². The van der Waals surface area contributed by atoms with Crippen molar-refractivity contribution < 1.29 is 4.74 Å². The minimum Gasteiger partial charge on any atom is -0.492 e. The van der Waals surface area contributed by atoms with Crippen molar-refractivity contribution in [3.63, 3.8) is 0 Å². The van der Waals surface area contributed by atoms with Gasteiger partial charge in [0.2, 0.25) is 0 Å². The van der Waals surface area contributed by atoms with Gasteiger partial charge in [0.25, 0.3) is 0 Å². The molecule has 0 fully saturated rings. The maximum absolute atomic E-state index is 5.80. The molecule has 2 aromatic rings. The van der Waals surface area contributed by atoms with Crippen molar-refractivity contribution in [3.05, 3.63) is 52.2 Å². The smallest absolute Gasteiger partial charge is 0.119 e. The molecule has 2 nitrogen and oxygen atoms in total. The first kappa shape index (κ1) is 15.1. The van der Waals surface area contributed by atoms with Crippen LogP contribution in [-0.4, -0.2) is 13.2 Å². The highest BCUT2D eigenvalue weighted by molar-refractivity contribution is 7.09. The third-order valence-corrected chi connectivity index (χ3v) is 4.00. The molecule has 1 aromatic heterocycles. The summed E-state index contributed by atoms with van der Waals surface area (Å²) < 4.78 is 5.80. The van der Waals surface area contributed by atoms with Crippen molar-refractivity contribution in [3.8, 4) is 5.75 Å². The van der Waals surface area contributed by atoms with E-state index in [9.17, 15) is 0 Å². The lowest BCUT2D eigenvalue weighted by Crippen LogP contribution is -2.20. The van der Waals surface area contributed by atoms with Gasteiger partial charge in [0, 0.05) is 18.0 Å². The van der Waals surface area contributed by atoms with Crippen LogP contribution in [0.2, 0.25) is 0 Å². The minimum atomic E-state index is 0.163. The molecule has 0 unspecified atom stereocenters. The molecule has 20 heavy (non-hydrogen) atoms. The van der Waals surface area contributed by atoms with E-state index in [1.165, 1.54) is 10.4 Å². The fraction of sp³-hybridized carbons (Fsp3) is 0.412. The van der Waals surface area contributed by atoms with Crippen LogP contribution in [-0.2, 0) is 12.0 Å². The molecular formula is C17H23NOS. The van der Waals surface area contributed by atoms with Crippen LogP contribution < -0.4 is 10.1 Å². The average molecular weight is 289 g/mol. The maximum Gasteiger partial charge on any atom is 0.119 e. The normalized spacial score (nSPS) is 11.6. The van der Waals surface area contributed by atoms with Crippen LogP contribution in [0.3, 0.4) is 0 Å². The summed E-state index contributed by atoms with van der Waals surface area (Å²) in [7, 11) is 0. The van der Waals surface area contributed by atoms with Gasteiger partial charge in [-0.25, -0.2) is 0 Å². The third-order valence-electron chi connectivity index (χ3n) is 3.13. The molecule has 1 N–H and O–H groups in total. The molecule has 0 bridgehead atoms. The molecule has 0 saturated heterocycles. The molecular weight excluding hydrogens is 266 g/mol. The Morgan fingerprint density at radius 2 is 2.00 bits per heavy atom. The lowest BCUT2D eigenvalue weighted by Gasteiger charge is -2.19. The standard InChI is InChI=1S/C17H23NOS/c1-17(2,3)14-6-4-7-15(12-14)19-10-9-18-13-16-8-5-11-20-16/h4-8,11-12,18H,9-10,13H2,1-3H3. The molecule has 0 spiro atoms. The zero-order chi connectivity index (χ0) is 14.4. The van der Waals surface area contributed by atoms with Gasteiger partial charge in [-0.1, -0.05) is 39.0 Å². The maximum atomic E-state index is 5.80. The lowest BCUT2D eigenvalue weighted by molar-refractivity contribution is 0.313. The Balaban J connectivity index is 1.74. The Hall–Kier alpha value is -1.32. The molecule has 0 amide bonds. The van der Waals surface area contributed by atoms with E-state index in [1.807, 2.05) is 6.07 Å². The highest BCUT2D eigenvalue weighted by Crippen LogP contribution is 2.25. The van der Waals surface area contributed by atoms with E-state index < -0.39 is 0 Å². The molecule has 0 aliphatic rings. The first-order valence-corrected chi connectivity index (χ1v) is 7.90. The molecule has 1 aromatic carbocycles. The number of hydrogen-bond donors (Lipinski definition) is 1. The quantitative estimate of drug-likeness (QED) is 0.804. The molecule has 0 atom stereocenters. The molecule has 2 rings (SSSR count). The molecule has 108 valence electrons. The third kappa shape index (κ3) is 4.66. The van der Waals surface area contributed by atoms with E-state index in [4.69, 9.17) is 4.74 Å². The zero-order valence-electron chi connectivity index (χ0n) is 12.5. The number of ether oxygens (including phenoxy) is 1. The number of hydrogen-bond acceptors (Lipinski definition) is 3. The van der Waals surface area contributed by atoms with Crippen molar-refractivity contribution in [1.82, 2.24) is 5.32 Å². The summed E-state index contributed by atoms with van der Waals surface area (Å²) in [5, 5.41) is 5.49. The second-order valence-electron chi connectivity index (χ2n) is 5.88. The largest absolute Gasteiger partial charge is 0.492 e. The first-order chi connectivity index (χ1) is 9.55. The Bertz CT molecular complexity index is 514. The molecule has 3 heteroatoms. The van der Waals surface area contributed by atoms with Crippen LogP contribution in [0.1, 0.15) is 31.2 Å². The fourth-order valence-electron chi connectivity index (χ4n) is 1.92. The van der Waals surface area contributed by atoms with Gasteiger partial charge in [-0.05, 0) is 34.6 Å². The van der Waals surface area contributed by atoms with Crippen LogP contribution in [0.4, 0.5) is 0 Å². The van der Waals surface area contributed by atoms with Gasteiger partial charge in [0.05, 0.1) is 0 Å². The van der Waals surface area contributed by atoms with Crippen molar-refractivity contribution in [2.45, 2.75) is 32.7 Å². The Labute approximate surface area is 125 Å². The summed E-state index contributed by atoms with van der Waals surface area (Å²) in [6.45, 7) is 9.12. The topological polar surface area (TPSA) is 21.3 Å². The van der Waals surface area contributed by atoms with Gasteiger partial charge >= 0.3 is 0 Å². The van der Waals surface area contributed by atoms with Crippen LogP contribution in [0.5, 0.6) is 5.75 Å². The van der Waals surface area contributed by atoms with E-state index in [0.717, 1.165) is 18.8 Å². The summed E-state index contributed by atoms with van der Waals surface area (Å²) in [6.07, 6.45) is 0. The number of rotatable bonds is 6. The van der Waals surface area contributed by atoms with Crippen molar-refractivity contribution in [2.24, 2.45) is 0 Å². The monoisotopic (exact) mass is 289 g/mol. The van der Waals surface area contributed by atoms with Crippen molar-refractivity contribution in [1.29, 1.82) is 0 Å². The molecule has 0 saturated carbocycles. The number of benzene rings is 1. The number of thiophene rings is 1. The summed E-state index contributed by atoms with van der Waals surface area (Å²) in [5.41, 5.74) is 1.47. The van der Waals surface area contributed by atoms with E-state index in [2.05, 4.69) is 61.8 Å². The van der Waals surface area contributed by atoms with E-state index in [0.29, 0.717) is 6.61 Å². The van der Waals surface area contributed by atoms with Gasteiger partial charge in [-0.15, -0.1) is 11.3 Å². The lowest BCUT2D eigenvalue weighted by atomic mass is 9.87. The van der Waals surface area contributed by atoms with Gasteiger partial charge in [0.15, 0.2) is 0 Å². The van der Waals surface area contributed by atoms with Gasteiger partial charge < -0.3 is 10.1 Å². The highest BCUT2D eigenvalue weighted by atomic mass is 32.1. The first-order valence-electron chi connectivity index (χ1n) is 7.02. The predicted molar refractivity (Wildman–Crippen MR) is 86.7 cm³/mol. The van der Waals surface area contributed by atoms with Crippen LogP contribution in [0.15, 0.2) is 41.8 Å². The second kappa shape index (κ2) is 6.91. The van der Waals surface area contributed by atoms with Crippen LogP contribution in [0, 0.1) is 0 Å². The predicted octanol–water partition coefficient (Wildman–Crippen LogP) is 4.21. The van der Waals surface area contributed by atoms with Crippen LogP contribution >= 0.6 is 11.3 Å². The SMILES string of the molecule is CC(C)(C)c1cccc(OCCNCc2cccs2)c1.